The Morgan fingerprint density at radius 3 is 2.38 bits per heavy atom. The quantitative estimate of drug-likeness (QED) is 0.894. The molecule has 5 nitrogen and oxygen atoms in total. The fourth-order valence-electron chi connectivity index (χ4n) is 3.19. The predicted octanol–water partition coefficient (Wildman–Crippen LogP) is 2.98. The standard InChI is InChI=1S/C20H24FN3O2/c1-15(20(25)22-17-9-7-16(21)8-10-17)23-11-13-24(14-12-23)18-5-3-4-6-19(18)26-2/h3-10,15H,11-14H2,1-2H3,(H,22,25)/t15-/m1/s1. The van der Waals surface area contributed by atoms with Crippen LogP contribution in [0.1, 0.15) is 6.92 Å². The highest BCUT2D eigenvalue weighted by molar-refractivity contribution is 5.94. The van der Waals surface area contributed by atoms with E-state index in [2.05, 4.69) is 21.2 Å². The van der Waals surface area contributed by atoms with Crippen LogP contribution < -0.4 is 15.0 Å². The first-order valence-corrected chi connectivity index (χ1v) is 8.77. The van der Waals surface area contributed by atoms with Crippen molar-refractivity contribution < 1.29 is 13.9 Å². The molecule has 1 N–H and O–H groups in total. The maximum atomic E-state index is 13.0. The molecule has 3 rings (SSSR count). The number of halogens is 1. The fourth-order valence-corrected chi connectivity index (χ4v) is 3.19. The van der Waals surface area contributed by atoms with Gasteiger partial charge >= 0.3 is 0 Å². The van der Waals surface area contributed by atoms with Gasteiger partial charge in [0.1, 0.15) is 11.6 Å². The lowest BCUT2D eigenvalue weighted by atomic mass is 10.2. The molecule has 2 aromatic rings. The molecule has 0 saturated carbocycles. The van der Waals surface area contributed by atoms with Crippen molar-refractivity contribution in [3.63, 3.8) is 0 Å². The van der Waals surface area contributed by atoms with Gasteiger partial charge in [-0.15, -0.1) is 0 Å². The van der Waals surface area contributed by atoms with Crippen LogP contribution in [0.15, 0.2) is 48.5 Å². The van der Waals surface area contributed by atoms with Gasteiger partial charge in [0, 0.05) is 31.9 Å². The number of rotatable bonds is 5. The van der Waals surface area contributed by atoms with Gasteiger partial charge in [-0.2, -0.15) is 0 Å². The average molecular weight is 357 g/mol. The van der Waals surface area contributed by atoms with Crippen LogP contribution >= 0.6 is 0 Å². The molecular weight excluding hydrogens is 333 g/mol. The second kappa shape index (κ2) is 8.19. The number of methoxy groups -OCH3 is 1. The third-order valence-electron chi connectivity index (χ3n) is 4.78. The van der Waals surface area contributed by atoms with Crippen molar-refractivity contribution in [2.75, 3.05) is 43.5 Å². The highest BCUT2D eigenvalue weighted by Crippen LogP contribution is 2.28. The highest BCUT2D eigenvalue weighted by atomic mass is 19.1. The minimum Gasteiger partial charge on any atom is -0.495 e. The molecule has 1 aliphatic rings. The van der Waals surface area contributed by atoms with Gasteiger partial charge in [-0.05, 0) is 43.3 Å². The van der Waals surface area contributed by atoms with Crippen LogP contribution in [0.5, 0.6) is 5.75 Å². The van der Waals surface area contributed by atoms with Crippen molar-refractivity contribution in [3.8, 4) is 5.75 Å². The normalized spacial score (nSPS) is 16.2. The first-order valence-electron chi connectivity index (χ1n) is 8.77. The van der Waals surface area contributed by atoms with Gasteiger partial charge < -0.3 is 15.0 Å². The van der Waals surface area contributed by atoms with Gasteiger partial charge in [0.2, 0.25) is 5.91 Å². The number of hydrogen-bond acceptors (Lipinski definition) is 4. The summed E-state index contributed by atoms with van der Waals surface area (Å²) in [4.78, 5) is 16.9. The summed E-state index contributed by atoms with van der Waals surface area (Å²) >= 11 is 0. The van der Waals surface area contributed by atoms with E-state index in [1.807, 2.05) is 25.1 Å². The molecule has 1 aliphatic heterocycles. The number of nitrogens with one attached hydrogen (secondary N) is 1. The van der Waals surface area contributed by atoms with Gasteiger partial charge in [0.05, 0.1) is 18.8 Å². The third kappa shape index (κ3) is 4.14. The number of carbonyl (C=O) groups is 1. The molecule has 6 heteroatoms. The summed E-state index contributed by atoms with van der Waals surface area (Å²) in [5.74, 6) is 0.467. The zero-order chi connectivity index (χ0) is 18.5. The minimum atomic E-state index is -0.316. The molecule has 0 spiro atoms. The number of hydrogen-bond donors (Lipinski definition) is 1. The molecule has 2 aromatic carbocycles. The first kappa shape index (κ1) is 18.2. The number of nitrogens with zero attached hydrogens (tertiary/aromatic N) is 2. The molecule has 0 bridgehead atoms. The number of benzene rings is 2. The van der Waals surface area contributed by atoms with E-state index >= 15 is 0 Å². The van der Waals surface area contributed by atoms with E-state index in [0.717, 1.165) is 37.6 Å². The summed E-state index contributed by atoms with van der Waals surface area (Å²) < 4.78 is 18.4. The van der Waals surface area contributed by atoms with Crippen molar-refractivity contribution in [3.05, 3.63) is 54.3 Å². The van der Waals surface area contributed by atoms with Crippen LogP contribution in [0.2, 0.25) is 0 Å². The molecule has 0 aromatic heterocycles. The molecule has 0 radical (unpaired) electrons. The Balaban J connectivity index is 1.57. The van der Waals surface area contributed by atoms with E-state index in [9.17, 15) is 9.18 Å². The van der Waals surface area contributed by atoms with Crippen molar-refractivity contribution >= 4 is 17.3 Å². The summed E-state index contributed by atoms with van der Waals surface area (Å²) in [6.45, 7) is 5.13. The largest absolute Gasteiger partial charge is 0.495 e. The maximum absolute atomic E-state index is 13.0. The molecule has 0 unspecified atom stereocenters. The summed E-state index contributed by atoms with van der Waals surface area (Å²) in [5, 5.41) is 2.85. The number of piperazine rings is 1. The van der Waals surface area contributed by atoms with Crippen LogP contribution in [-0.4, -0.2) is 50.1 Å². The second-order valence-corrected chi connectivity index (χ2v) is 6.37. The van der Waals surface area contributed by atoms with Crippen LogP contribution in [0.3, 0.4) is 0 Å². The Morgan fingerprint density at radius 2 is 1.73 bits per heavy atom. The summed E-state index contributed by atoms with van der Waals surface area (Å²) in [6.07, 6.45) is 0. The van der Waals surface area contributed by atoms with E-state index < -0.39 is 0 Å². The van der Waals surface area contributed by atoms with Gasteiger partial charge in [-0.3, -0.25) is 9.69 Å². The Hall–Kier alpha value is -2.60. The second-order valence-electron chi connectivity index (χ2n) is 6.37. The van der Waals surface area contributed by atoms with Crippen LogP contribution in [0, 0.1) is 5.82 Å². The lowest BCUT2D eigenvalue weighted by Crippen LogP contribution is -2.52. The van der Waals surface area contributed by atoms with E-state index in [1.54, 1.807) is 19.2 Å². The Bertz CT molecular complexity index is 743. The monoisotopic (exact) mass is 357 g/mol. The summed E-state index contributed by atoms with van der Waals surface area (Å²) in [6, 6.07) is 13.5. The molecule has 138 valence electrons. The Morgan fingerprint density at radius 1 is 1.08 bits per heavy atom. The number of para-hydroxylation sites is 2. The SMILES string of the molecule is COc1ccccc1N1CCN([C@H](C)C(=O)Nc2ccc(F)cc2)CC1. The Labute approximate surface area is 153 Å². The molecule has 1 fully saturated rings. The molecule has 1 saturated heterocycles. The molecule has 0 aliphatic carbocycles. The number of amides is 1. The van der Waals surface area contributed by atoms with Gasteiger partial charge in [0.25, 0.3) is 0 Å². The van der Waals surface area contributed by atoms with E-state index in [4.69, 9.17) is 4.74 Å². The number of ether oxygens (including phenoxy) is 1. The van der Waals surface area contributed by atoms with Crippen molar-refractivity contribution in [2.24, 2.45) is 0 Å². The van der Waals surface area contributed by atoms with Crippen LogP contribution in [0.25, 0.3) is 0 Å². The van der Waals surface area contributed by atoms with Crippen LogP contribution in [0.4, 0.5) is 15.8 Å². The minimum absolute atomic E-state index is 0.0812. The first-order chi connectivity index (χ1) is 12.6. The van der Waals surface area contributed by atoms with Gasteiger partial charge in [-0.25, -0.2) is 4.39 Å². The molecule has 1 atom stereocenters. The van der Waals surface area contributed by atoms with Crippen molar-refractivity contribution in [2.45, 2.75) is 13.0 Å². The number of anilines is 2. The molecule has 26 heavy (non-hydrogen) atoms. The van der Waals surface area contributed by atoms with Crippen LogP contribution in [-0.2, 0) is 4.79 Å². The molecular formula is C20H24FN3O2. The van der Waals surface area contributed by atoms with Crippen molar-refractivity contribution in [1.29, 1.82) is 0 Å². The fraction of sp³-hybridized carbons (Fsp3) is 0.350. The Kier molecular flexibility index (Phi) is 5.73. The average Bonchev–Trinajstić information content (AvgIpc) is 2.69. The predicted molar refractivity (Wildman–Crippen MR) is 101 cm³/mol. The van der Waals surface area contributed by atoms with E-state index in [0.29, 0.717) is 5.69 Å². The lowest BCUT2D eigenvalue weighted by molar-refractivity contribution is -0.120. The highest BCUT2D eigenvalue weighted by Gasteiger charge is 2.26. The van der Waals surface area contributed by atoms with E-state index in [1.165, 1.54) is 12.1 Å². The lowest BCUT2D eigenvalue weighted by Gasteiger charge is -2.38. The molecule has 1 amide bonds. The van der Waals surface area contributed by atoms with Gasteiger partial charge in [0.15, 0.2) is 0 Å². The maximum Gasteiger partial charge on any atom is 0.241 e. The number of carbonyl (C=O) groups excluding carboxylic acids is 1. The van der Waals surface area contributed by atoms with Crippen molar-refractivity contribution in [1.82, 2.24) is 4.90 Å². The summed E-state index contributed by atoms with van der Waals surface area (Å²) in [7, 11) is 1.68. The molecule has 1 heterocycles. The smallest absolute Gasteiger partial charge is 0.241 e. The zero-order valence-corrected chi connectivity index (χ0v) is 15.1. The van der Waals surface area contributed by atoms with Gasteiger partial charge in [-0.1, -0.05) is 12.1 Å². The zero-order valence-electron chi connectivity index (χ0n) is 15.1. The topological polar surface area (TPSA) is 44.8 Å². The third-order valence-corrected chi connectivity index (χ3v) is 4.78. The van der Waals surface area contributed by atoms with E-state index in [-0.39, 0.29) is 17.8 Å². The summed E-state index contributed by atoms with van der Waals surface area (Å²) in [5.41, 5.74) is 1.69.